The maximum Gasteiger partial charge on any atom is 0.305 e. The topological polar surface area (TPSA) is 26.3 Å². The van der Waals surface area contributed by atoms with E-state index >= 15 is 0 Å². The average molecular weight is 155 g/mol. The molecule has 0 heterocycles. The third-order valence-corrected chi connectivity index (χ3v) is 1.31. The maximum atomic E-state index is 10.6. The van der Waals surface area contributed by atoms with E-state index in [2.05, 4.69) is 11.7 Å². The van der Waals surface area contributed by atoms with Gasteiger partial charge < -0.3 is 4.74 Å². The van der Waals surface area contributed by atoms with Crippen LogP contribution in [0.5, 0.6) is 0 Å². The third kappa shape index (κ3) is 7.10. The van der Waals surface area contributed by atoms with Gasteiger partial charge in [-0.25, -0.2) is 0 Å². The van der Waals surface area contributed by atoms with Gasteiger partial charge in [0.05, 0.1) is 7.11 Å². The summed E-state index contributed by atoms with van der Waals surface area (Å²) in [6.07, 6.45) is 7.16. The van der Waals surface area contributed by atoms with Crippen molar-refractivity contribution in [2.45, 2.75) is 25.7 Å². The molecule has 0 amide bonds. The van der Waals surface area contributed by atoms with Crippen LogP contribution in [0.1, 0.15) is 25.7 Å². The molecule has 0 saturated heterocycles. The lowest BCUT2D eigenvalue weighted by molar-refractivity contribution is -0.140. The number of methoxy groups -OCH3 is 1. The van der Waals surface area contributed by atoms with Crippen molar-refractivity contribution >= 4 is 5.97 Å². The summed E-state index contributed by atoms with van der Waals surface area (Å²) in [6.45, 7) is 3.66. The zero-order valence-corrected chi connectivity index (χ0v) is 7.01. The van der Waals surface area contributed by atoms with Crippen molar-refractivity contribution in [2.75, 3.05) is 7.11 Å². The largest absolute Gasteiger partial charge is 0.469 e. The van der Waals surface area contributed by atoms with E-state index in [-0.39, 0.29) is 5.97 Å². The predicted molar refractivity (Wildman–Crippen MR) is 45.0 cm³/mol. The van der Waals surface area contributed by atoms with Crippen LogP contribution >= 0.6 is 0 Å². The Balaban J connectivity index is 3.14. The molecule has 0 spiro atoms. The van der Waals surface area contributed by atoms with Gasteiger partial charge in [0, 0.05) is 6.42 Å². The Kier molecular flexibility index (Phi) is 6.79. The van der Waals surface area contributed by atoms with Crippen LogP contribution in [0.25, 0.3) is 0 Å². The van der Waals surface area contributed by atoms with E-state index in [1.54, 1.807) is 0 Å². The number of rotatable bonds is 5. The normalized spacial score (nSPS) is 10.4. The van der Waals surface area contributed by atoms with Crippen molar-refractivity contribution in [3.8, 4) is 0 Å². The molecular formula is C9H15O2. The van der Waals surface area contributed by atoms with E-state index in [0.29, 0.717) is 6.42 Å². The molecule has 0 atom stereocenters. The first kappa shape index (κ1) is 10.2. The SMILES string of the molecule is [CH2]C/C=C/CCCC(=O)OC. The van der Waals surface area contributed by atoms with Gasteiger partial charge in [-0.3, -0.25) is 4.79 Å². The third-order valence-electron chi connectivity index (χ3n) is 1.31. The first-order valence-electron chi connectivity index (χ1n) is 3.82. The second-order valence-corrected chi connectivity index (χ2v) is 2.23. The highest BCUT2D eigenvalue weighted by Gasteiger charge is 1.96. The molecule has 0 aromatic carbocycles. The quantitative estimate of drug-likeness (QED) is 0.345. The Bertz CT molecular complexity index is 128. The van der Waals surface area contributed by atoms with Crippen LogP contribution in [-0.4, -0.2) is 13.1 Å². The van der Waals surface area contributed by atoms with Gasteiger partial charge in [0.15, 0.2) is 0 Å². The number of hydrogen-bond donors (Lipinski definition) is 0. The van der Waals surface area contributed by atoms with E-state index in [4.69, 9.17) is 0 Å². The summed E-state index contributed by atoms with van der Waals surface area (Å²) in [6, 6.07) is 0. The van der Waals surface area contributed by atoms with E-state index in [9.17, 15) is 4.79 Å². The molecule has 2 nitrogen and oxygen atoms in total. The summed E-state index contributed by atoms with van der Waals surface area (Å²) < 4.78 is 4.48. The molecule has 0 aromatic heterocycles. The molecule has 0 aliphatic carbocycles. The van der Waals surface area contributed by atoms with Crippen LogP contribution in [0.4, 0.5) is 0 Å². The van der Waals surface area contributed by atoms with Crippen molar-refractivity contribution in [3.63, 3.8) is 0 Å². The Morgan fingerprint density at radius 3 is 2.82 bits per heavy atom. The minimum Gasteiger partial charge on any atom is -0.469 e. The van der Waals surface area contributed by atoms with Gasteiger partial charge in [0.25, 0.3) is 0 Å². The number of ether oxygens (including phenoxy) is 1. The average Bonchev–Trinajstić information content (AvgIpc) is 2.04. The maximum absolute atomic E-state index is 10.6. The summed E-state index contributed by atoms with van der Waals surface area (Å²) in [5.74, 6) is -0.131. The van der Waals surface area contributed by atoms with Crippen molar-refractivity contribution in [1.82, 2.24) is 0 Å². The Morgan fingerprint density at radius 1 is 1.55 bits per heavy atom. The van der Waals surface area contributed by atoms with E-state index in [0.717, 1.165) is 19.3 Å². The molecule has 0 saturated carbocycles. The van der Waals surface area contributed by atoms with Gasteiger partial charge in [-0.2, -0.15) is 0 Å². The minimum absolute atomic E-state index is 0.131. The van der Waals surface area contributed by atoms with Gasteiger partial charge in [-0.1, -0.05) is 12.2 Å². The van der Waals surface area contributed by atoms with Crippen LogP contribution in [0.3, 0.4) is 0 Å². The lowest BCUT2D eigenvalue weighted by atomic mass is 10.2. The second kappa shape index (κ2) is 7.32. The van der Waals surface area contributed by atoms with Gasteiger partial charge in [0.2, 0.25) is 0 Å². The number of unbranched alkanes of at least 4 members (excludes halogenated alkanes) is 1. The lowest BCUT2D eigenvalue weighted by Crippen LogP contribution is -1.98. The van der Waals surface area contributed by atoms with Gasteiger partial charge in [-0.15, -0.1) is 0 Å². The molecule has 11 heavy (non-hydrogen) atoms. The molecule has 63 valence electrons. The Labute approximate surface area is 68.2 Å². The fourth-order valence-electron chi connectivity index (χ4n) is 0.702. The van der Waals surface area contributed by atoms with E-state index in [1.807, 2.05) is 12.2 Å². The zero-order valence-electron chi connectivity index (χ0n) is 7.01. The fourth-order valence-corrected chi connectivity index (χ4v) is 0.702. The van der Waals surface area contributed by atoms with Gasteiger partial charge in [0.1, 0.15) is 0 Å². The monoisotopic (exact) mass is 155 g/mol. The highest BCUT2D eigenvalue weighted by atomic mass is 16.5. The summed E-state index contributed by atoms with van der Waals surface area (Å²) in [4.78, 5) is 10.6. The molecule has 1 radical (unpaired) electrons. The molecule has 0 aliphatic heterocycles. The number of carbonyl (C=O) groups is 1. The Hall–Kier alpha value is -0.790. The Morgan fingerprint density at radius 2 is 2.27 bits per heavy atom. The number of carbonyl (C=O) groups excluding carboxylic acids is 1. The minimum atomic E-state index is -0.131. The van der Waals surface area contributed by atoms with Gasteiger partial charge >= 0.3 is 5.97 Å². The molecule has 0 fully saturated rings. The van der Waals surface area contributed by atoms with Crippen LogP contribution in [0.2, 0.25) is 0 Å². The standard InChI is InChI=1S/C9H15O2/c1-3-4-5-6-7-8-9(10)11-2/h4-5H,1,3,6-8H2,2H3/b5-4+. The van der Waals surface area contributed by atoms with Gasteiger partial charge in [-0.05, 0) is 26.2 Å². The summed E-state index contributed by atoms with van der Waals surface area (Å²) in [7, 11) is 1.41. The molecule has 0 bridgehead atoms. The number of hydrogen-bond acceptors (Lipinski definition) is 2. The van der Waals surface area contributed by atoms with Crippen LogP contribution in [-0.2, 0) is 9.53 Å². The summed E-state index contributed by atoms with van der Waals surface area (Å²) >= 11 is 0. The van der Waals surface area contributed by atoms with Crippen molar-refractivity contribution < 1.29 is 9.53 Å². The predicted octanol–water partition coefficient (Wildman–Crippen LogP) is 2.11. The molecule has 0 rings (SSSR count). The van der Waals surface area contributed by atoms with E-state index in [1.165, 1.54) is 7.11 Å². The first-order valence-corrected chi connectivity index (χ1v) is 3.82. The van der Waals surface area contributed by atoms with Crippen molar-refractivity contribution in [1.29, 1.82) is 0 Å². The first-order chi connectivity index (χ1) is 5.31. The second-order valence-electron chi connectivity index (χ2n) is 2.23. The van der Waals surface area contributed by atoms with Crippen LogP contribution < -0.4 is 0 Å². The van der Waals surface area contributed by atoms with Crippen LogP contribution in [0.15, 0.2) is 12.2 Å². The van der Waals surface area contributed by atoms with Crippen molar-refractivity contribution in [3.05, 3.63) is 19.1 Å². The molecule has 0 aromatic rings. The molecule has 0 unspecified atom stereocenters. The molecule has 0 N–H and O–H groups in total. The highest BCUT2D eigenvalue weighted by Crippen LogP contribution is 1.98. The van der Waals surface area contributed by atoms with E-state index < -0.39 is 0 Å². The van der Waals surface area contributed by atoms with Crippen LogP contribution in [0, 0.1) is 6.92 Å². The molecular weight excluding hydrogens is 140 g/mol. The number of allylic oxidation sites excluding steroid dienone is 2. The summed E-state index contributed by atoms with van der Waals surface area (Å²) in [5, 5.41) is 0. The van der Waals surface area contributed by atoms with Crippen molar-refractivity contribution in [2.24, 2.45) is 0 Å². The smallest absolute Gasteiger partial charge is 0.305 e. The summed E-state index contributed by atoms with van der Waals surface area (Å²) in [5.41, 5.74) is 0. The number of esters is 1. The molecule has 0 aliphatic rings. The molecule has 2 heteroatoms. The fraction of sp³-hybridized carbons (Fsp3) is 0.556. The lowest BCUT2D eigenvalue weighted by Gasteiger charge is -1.95. The zero-order chi connectivity index (χ0) is 8.53. The highest BCUT2D eigenvalue weighted by molar-refractivity contribution is 5.68.